The van der Waals surface area contributed by atoms with E-state index in [1.807, 2.05) is 42.5 Å². The molecule has 0 radical (unpaired) electrons. The van der Waals surface area contributed by atoms with Gasteiger partial charge in [0.25, 0.3) is 0 Å². The first-order chi connectivity index (χ1) is 8.68. The quantitative estimate of drug-likeness (QED) is 0.858. The van der Waals surface area contributed by atoms with Crippen LogP contribution in [0.4, 0.5) is 0 Å². The van der Waals surface area contributed by atoms with E-state index in [4.69, 9.17) is 0 Å². The Labute approximate surface area is 117 Å². The molecule has 18 heavy (non-hydrogen) atoms. The predicted molar refractivity (Wildman–Crippen MR) is 74.2 cm³/mol. The molecule has 0 aromatic heterocycles. The highest BCUT2D eigenvalue weighted by Gasteiger charge is 2.32. The molecule has 0 fully saturated rings. The van der Waals surface area contributed by atoms with Gasteiger partial charge in [0, 0.05) is 14.3 Å². The van der Waals surface area contributed by atoms with Gasteiger partial charge < -0.3 is 5.11 Å². The Morgan fingerprint density at radius 2 is 1.83 bits per heavy atom. The van der Waals surface area contributed by atoms with E-state index in [0.29, 0.717) is 0 Å². The van der Waals surface area contributed by atoms with Crippen molar-refractivity contribution >= 4 is 33.7 Å². The molecule has 1 heterocycles. The maximum Gasteiger partial charge on any atom is 0.315 e. The van der Waals surface area contributed by atoms with Crippen molar-refractivity contribution in [1.82, 2.24) is 0 Å². The summed E-state index contributed by atoms with van der Waals surface area (Å²) in [6, 6.07) is 13.5. The normalized spacial score (nSPS) is 16.8. The summed E-state index contributed by atoms with van der Waals surface area (Å²) in [5, 5.41) is 9.53. The maximum absolute atomic E-state index is 11.6. The summed E-state index contributed by atoms with van der Waals surface area (Å²) >= 11 is 5.09. The van der Waals surface area contributed by atoms with Gasteiger partial charge >= 0.3 is 5.97 Å². The number of benzene rings is 2. The largest absolute Gasteiger partial charge is 0.481 e. The van der Waals surface area contributed by atoms with Crippen LogP contribution in [0.15, 0.2) is 56.7 Å². The molecule has 0 aliphatic carbocycles. The number of hydrogen-bond acceptors (Lipinski definition) is 2. The van der Waals surface area contributed by atoms with E-state index in [9.17, 15) is 9.90 Å². The molecule has 0 bridgehead atoms. The average Bonchev–Trinajstić information content (AvgIpc) is 2.36. The minimum atomic E-state index is -0.809. The maximum atomic E-state index is 11.6. The second-order valence-corrected chi connectivity index (χ2v) is 6.00. The summed E-state index contributed by atoms with van der Waals surface area (Å²) in [5.74, 6) is -1.40. The van der Waals surface area contributed by atoms with Crippen LogP contribution in [0.5, 0.6) is 0 Å². The predicted octanol–water partition coefficient (Wildman–Crippen LogP) is 4.13. The smallest absolute Gasteiger partial charge is 0.315 e. The summed E-state index contributed by atoms with van der Waals surface area (Å²) in [4.78, 5) is 13.6. The van der Waals surface area contributed by atoms with Crippen LogP contribution in [-0.4, -0.2) is 11.1 Å². The lowest BCUT2D eigenvalue weighted by atomic mass is 9.91. The number of hydrogen-bond donors (Lipinski definition) is 1. The molecule has 0 saturated heterocycles. The van der Waals surface area contributed by atoms with Crippen molar-refractivity contribution in [3.8, 4) is 0 Å². The molecule has 2 nitrogen and oxygen atoms in total. The first-order valence-electron chi connectivity index (χ1n) is 5.46. The molecule has 1 atom stereocenters. The van der Waals surface area contributed by atoms with Crippen LogP contribution >= 0.6 is 27.7 Å². The van der Waals surface area contributed by atoms with Crippen molar-refractivity contribution in [1.29, 1.82) is 0 Å². The number of carbonyl (C=O) groups is 1. The molecular formula is C14H9BrO2S. The van der Waals surface area contributed by atoms with Gasteiger partial charge in [-0.2, -0.15) is 0 Å². The third-order valence-corrected chi connectivity index (χ3v) is 4.86. The lowest BCUT2D eigenvalue weighted by Crippen LogP contribution is -2.18. The zero-order chi connectivity index (χ0) is 12.7. The highest BCUT2D eigenvalue weighted by Crippen LogP contribution is 2.48. The Kier molecular flexibility index (Phi) is 2.92. The van der Waals surface area contributed by atoms with Gasteiger partial charge in [-0.25, -0.2) is 0 Å². The Hall–Kier alpha value is -1.26. The van der Waals surface area contributed by atoms with Gasteiger partial charge in [0.2, 0.25) is 0 Å². The summed E-state index contributed by atoms with van der Waals surface area (Å²) in [7, 11) is 0. The van der Waals surface area contributed by atoms with Gasteiger partial charge in [-0.15, -0.1) is 0 Å². The number of rotatable bonds is 1. The first-order valence-corrected chi connectivity index (χ1v) is 7.07. The van der Waals surface area contributed by atoms with E-state index in [2.05, 4.69) is 15.9 Å². The van der Waals surface area contributed by atoms with E-state index in [-0.39, 0.29) is 0 Å². The Morgan fingerprint density at radius 1 is 1.11 bits per heavy atom. The van der Waals surface area contributed by atoms with Crippen molar-refractivity contribution in [2.24, 2.45) is 0 Å². The summed E-state index contributed by atoms with van der Waals surface area (Å²) in [6.07, 6.45) is 0. The number of carboxylic acid groups (broad SMARTS) is 1. The van der Waals surface area contributed by atoms with Crippen molar-refractivity contribution in [2.45, 2.75) is 15.7 Å². The van der Waals surface area contributed by atoms with Gasteiger partial charge in [0.05, 0.1) is 0 Å². The molecule has 90 valence electrons. The molecule has 2 aromatic carbocycles. The van der Waals surface area contributed by atoms with Gasteiger partial charge in [-0.1, -0.05) is 52.0 Å². The second kappa shape index (κ2) is 4.44. The second-order valence-electron chi connectivity index (χ2n) is 4.06. The lowest BCUT2D eigenvalue weighted by molar-refractivity contribution is -0.137. The molecular weight excluding hydrogens is 312 g/mol. The minimum Gasteiger partial charge on any atom is -0.481 e. The van der Waals surface area contributed by atoms with E-state index in [1.165, 1.54) is 0 Å². The minimum absolute atomic E-state index is 0.590. The highest BCUT2D eigenvalue weighted by molar-refractivity contribution is 9.10. The highest BCUT2D eigenvalue weighted by atomic mass is 79.9. The summed E-state index contributed by atoms with van der Waals surface area (Å²) in [5.41, 5.74) is 1.73. The van der Waals surface area contributed by atoms with Crippen LogP contribution in [-0.2, 0) is 4.79 Å². The van der Waals surface area contributed by atoms with Gasteiger partial charge in [0.1, 0.15) is 5.92 Å². The molecule has 1 aliphatic rings. The fourth-order valence-corrected chi connectivity index (χ4v) is 4.13. The van der Waals surface area contributed by atoms with Gasteiger partial charge in [0.15, 0.2) is 0 Å². The Bertz CT molecular complexity index is 639. The van der Waals surface area contributed by atoms with E-state index in [1.54, 1.807) is 11.8 Å². The summed E-state index contributed by atoms with van der Waals surface area (Å²) in [6.45, 7) is 0. The number of aliphatic carboxylic acids is 1. The Balaban J connectivity index is 2.28. The molecule has 4 heteroatoms. The van der Waals surface area contributed by atoms with Crippen molar-refractivity contribution < 1.29 is 9.90 Å². The van der Waals surface area contributed by atoms with Crippen LogP contribution in [0.3, 0.4) is 0 Å². The first kappa shape index (κ1) is 11.8. The van der Waals surface area contributed by atoms with Crippen molar-refractivity contribution in [2.75, 3.05) is 0 Å². The monoisotopic (exact) mass is 320 g/mol. The topological polar surface area (TPSA) is 37.3 Å². The average molecular weight is 321 g/mol. The fraction of sp³-hybridized carbons (Fsp3) is 0.0714. The van der Waals surface area contributed by atoms with Crippen LogP contribution in [0.2, 0.25) is 0 Å². The van der Waals surface area contributed by atoms with Crippen LogP contribution < -0.4 is 0 Å². The van der Waals surface area contributed by atoms with Gasteiger partial charge in [-0.3, -0.25) is 4.79 Å². The number of fused-ring (bicyclic) bond motifs is 2. The Morgan fingerprint density at radius 3 is 2.61 bits per heavy atom. The van der Waals surface area contributed by atoms with Crippen LogP contribution in [0.25, 0.3) is 0 Å². The molecule has 3 rings (SSSR count). The number of carboxylic acids is 1. The van der Waals surface area contributed by atoms with Crippen LogP contribution in [0, 0.1) is 0 Å². The van der Waals surface area contributed by atoms with E-state index in [0.717, 1.165) is 25.4 Å². The molecule has 0 saturated carbocycles. The molecule has 1 unspecified atom stereocenters. The van der Waals surface area contributed by atoms with Gasteiger partial charge in [-0.05, 0) is 29.3 Å². The van der Waals surface area contributed by atoms with E-state index >= 15 is 0 Å². The third kappa shape index (κ3) is 1.76. The number of halogens is 1. The molecule has 1 N–H and O–H groups in total. The van der Waals surface area contributed by atoms with Crippen molar-refractivity contribution in [3.63, 3.8) is 0 Å². The summed E-state index contributed by atoms with van der Waals surface area (Å²) < 4.78 is 0.856. The van der Waals surface area contributed by atoms with Crippen molar-refractivity contribution in [3.05, 3.63) is 58.1 Å². The SMILES string of the molecule is O=C(O)C1c2ccccc2Sc2cccc(Br)c21. The lowest BCUT2D eigenvalue weighted by Gasteiger charge is -2.25. The molecule has 0 spiro atoms. The zero-order valence-electron chi connectivity index (χ0n) is 9.26. The molecule has 2 aromatic rings. The fourth-order valence-electron chi connectivity index (χ4n) is 2.23. The third-order valence-electron chi connectivity index (χ3n) is 3.00. The van der Waals surface area contributed by atoms with E-state index < -0.39 is 11.9 Å². The standard InChI is InChI=1S/C14H9BrO2S/c15-9-5-3-7-11-13(9)12(14(16)17)8-4-1-2-6-10(8)18-11/h1-7,12H,(H,16,17). The zero-order valence-corrected chi connectivity index (χ0v) is 11.7. The molecule has 0 amide bonds. The van der Waals surface area contributed by atoms with Crippen LogP contribution in [0.1, 0.15) is 17.0 Å². The molecule has 1 aliphatic heterocycles.